The van der Waals surface area contributed by atoms with Gasteiger partial charge in [0.1, 0.15) is 5.60 Å². The number of carbonyl (C=O) groups excluding carboxylic acids is 1. The summed E-state index contributed by atoms with van der Waals surface area (Å²) in [6.07, 6.45) is 0.486. The average Bonchev–Trinajstić information content (AvgIpc) is 2.40. The first-order valence-corrected chi connectivity index (χ1v) is 4.13. The Hall–Kier alpha value is -0.480. The lowest BCUT2D eigenvalue weighted by atomic mass is 10.2. The van der Waals surface area contributed by atoms with Crippen molar-refractivity contribution in [2.24, 2.45) is 5.73 Å². The van der Waals surface area contributed by atoms with E-state index >= 15 is 0 Å². The number of halogens is 1. The first kappa shape index (κ1) is 12.5. The smallest absolute Gasteiger partial charge is 0.407 e. The van der Waals surface area contributed by atoms with E-state index in [9.17, 15) is 4.79 Å². The average molecular weight is 209 g/mol. The lowest BCUT2D eigenvalue weighted by molar-refractivity contribution is 0.0523. The highest BCUT2D eigenvalue weighted by molar-refractivity contribution is 5.85. The summed E-state index contributed by atoms with van der Waals surface area (Å²) in [5.41, 5.74) is 5.08. The van der Waals surface area contributed by atoms with Gasteiger partial charge in [0, 0.05) is 12.1 Å². The number of ether oxygens (including phenoxy) is 1. The number of carbonyl (C=O) groups is 1. The van der Waals surface area contributed by atoms with Crippen LogP contribution in [-0.2, 0) is 4.74 Å². The number of alkyl carbamates (subject to hydrolysis) is 1. The van der Waals surface area contributed by atoms with Crippen LogP contribution in [0.3, 0.4) is 0 Å². The van der Waals surface area contributed by atoms with Gasteiger partial charge in [-0.1, -0.05) is 0 Å². The minimum Gasteiger partial charge on any atom is -0.444 e. The number of hydrogen-bond donors (Lipinski definition) is 2. The van der Waals surface area contributed by atoms with Gasteiger partial charge in [-0.2, -0.15) is 0 Å². The van der Waals surface area contributed by atoms with Crippen molar-refractivity contribution in [2.45, 2.75) is 44.9 Å². The summed E-state index contributed by atoms with van der Waals surface area (Å²) in [5.74, 6) is 0. The zero-order chi connectivity index (χ0) is 9.35. The van der Waals surface area contributed by atoms with Crippen molar-refractivity contribution in [1.82, 2.24) is 5.32 Å². The highest BCUT2D eigenvalue weighted by atomic mass is 35.5. The summed E-state index contributed by atoms with van der Waals surface area (Å²) in [5, 5.41) is 2.67. The van der Waals surface area contributed by atoms with E-state index in [0.717, 1.165) is 6.42 Å². The van der Waals surface area contributed by atoms with Crippen LogP contribution in [0.4, 0.5) is 4.79 Å². The van der Waals surface area contributed by atoms with Crippen LogP contribution in [-0.4, -0.2) is 23.8 Å². The maximum atomic E-state index is 11.1. The van der Waals surface area contributed by atoms with Crippen LogP contribution in [0, 0.1) is 0 Å². The van der Waals surface area contributed by atoms with Gasteiger partial charge < -0.3 is 15.8 Å². The van der Waals surface area contributed by atoms with Gasteiger partial charge in [0.05, 0.1) is 0 Å². The Labute approximate surface area is 84.6 Å². The first-order valence-electron chi connectivity index (χ1n) is 4.13. The topological polar surface area (TPSA) is 64.3 Å². The maximum absolute atomic E-state index is 11.1. The Kier molecular flexibility index (Phi) is 4.00. The summed E-state index contributed by atoms with van der Waals surface area (Å²) in [6.45, 7) is 5.50. The Balaban J connectivity index is 0.00000144. The maximum Gasteiger partial charge on any atom is 0.407 e. The van der Waals surface area contributed by atoms with Gasteiger partial charge in [0.2, 0.25) is 0 Å². The van der Waals surface area contributed by atoms with Gasteiger partial charge in [-0.05, 0) is 27.2 Å². The molecule has 0 aromatic rings. The van der Waals surface area contributed by atoms with Crippen LogP contribution in [0.1, 0.15) is 27.2 Å². The predicted octanol–water partition coefficient (Wildman–Crippen LogP) is 1.03. The molecule has 0 saturated heterocycles. The van der Waals surface area contributed by atoms with Crippen LogP contribution in [0.25, 0.3) is 0 Å². The highest BCUT2D eigenvalue weighted by Gasteiger charge is 2.35. The Bertz CT molecular complexity index is 191. The highest BCUT2D eigenvalue weighted by Crippen LogP contribution is 2.18. The minimum atomic E-state index is -0.428. The predicted molar refractivity (Wildman–Crippen MR) is 53.0 cm³/mol. The number of hydrogen-bond acceptors (Lipinski definition) is 3. The molecule has 0 bridgehead atoms. The normalized spacial score (nSPS) is 25.8. The standard InChI is InChI=1S/C8H16N2O2.ClH/c1-8(2,3)12-7(11)10-6-4-5(6)9;/h5-6H,4,9H2,1-3H3,(H,10,11);1H. The fourth-order valence-electron chi connectivity index (χ4n) is 0.840. The van der Waals surface area contributed by atoms with Gasteiger partial charge in [0.25, 0.3) is 0 Å². The molecule has 13 heavy (non-hydrogen) atoms. The molecular weight excluding hydrogens is 192 g/mol. The summed E-state index contributed by atoms with van der Waals surface area (Å²) < 4.78 is 5.03. The van der Waals surface area contributed by atoms with E-state index in [4.69, 9.17) is 10.5 Å². The molecule has 4 nitrogen and oxygen atoms in total. The zero-order valence-electron chi connectivity index (χ0n) is 8.16. The lowest BCUT2D eigenvalue weighted by Crippen LogP contribution is -2.35. The molecule has 1 aliphatic rings. The SMILES string of the molecule is CC(C)(C)OC(=O)NC1CC1N.Cl. The third-order valence-corrected chi connectivity index (χ3v) is 1.54. The number of amides is 1. The molecule has 1 rings (SSSR count). The van der Waals surface area contributed by atoms with Crippen LogP contribution >= 0.6 is 12.4 Å². The van der Waals surface area contributed by atoms with Crippen LogP contribution in [0.2, 0.25) is 0 Å². The second kappa shape index (κ2) is 4.15. The van der Waals surface area contributed by atoms with E-state index in [0.29, 0.717) is 0 Å². The van der Waals surface area contributed by atoms with E-state index < -0.39 is 5.60 Å². The molecule has 0 radical (unpaired) electrons. The molecule has 0 aromatic carbocycles. The molecule has 3 N–H and O–H groups in total. The van der Waals surface area contributed by atoms with Crippen molar-refractivity contribution < 1.29 is 9.53 Å². The summed E-state index contributed by atoms with van der Waals surface area (Å²) in [4.78, 5) is 11.1. The molecule has 0 heterocycles. The molecule has 1 saturated carbocycles. The number of rotatable bonds is 1. The minimum absolute atomic E-state index is 0. The molecule has 1 amide bonds. The fraction of sp³-hybridized carbons (Fsp3) is 0.875. The molecule has 78 valence electrons. The van der Waals surface area contributed by atoms with E-state index in [1.165, 1.54) is 0 Å². The third kappa shape index (κ3) is 4.95. The molecule has 0 spiro atoms. The van der Waals surface area contributed by atoms with E-state index in [-0.39, 0.29) is 30.6 Å². The van der Waals surface area contributed by atoms with E-state index in [1.807, 2.05) is 20.8 Å². The van der Waals surface area contributed by atoms with Crippen molar-refractivity contribution in [1.29, 1.82) is 0 Å². The van der Waals surface area contributed by atoms with Crippen molar-refractivity contribution in [3.63, 3.8) is 0 Å². The van der Waals surface area contributed by atoms with E-state index in [2.05, 4.69) is 5.32 Å². The van der Waals surface area contributed by atoms with Crippen molar-refractivity contribution in [2.75, 3.05) is 0 Å². The van der Waals surface area contributed by atoms with Gasteiger partial charge in [-0.25, -0.2) is 4.79 Å². The van der Waals surface area contributed by atoms with Gasteiger partial charge in [0.15, 0.2) is 0 Å². The summed E-state index contributed by atoms with van der Waals surface area (Å²) >= 11 is 0. The van der Waals surface area contributed by atoms with Gasteiger partial charge >= 0.3 is 6.09 Å². The van der Waals surface area contributed by atoms with Crippen molar-refractivity contribution >= 4 is 18.5 Å². The van der Waals surface area contributed by atoms with Crippen molar-refractivity contribution in [3.8, 4) is 0 Å². The molecule has 2 atom stereocenters. The van der Waals surface area contributed by atoms with Gasteiger partial charge in [-0.15, -0.1) is 12.4 Å². The van der Waals surface area contributed by atoms with E-state index in [1.54, 1.807) is 0 Å². The summed E-state index contributed by atoms with van der Waals surface area (Å²) in [6, 6.07) is 0.248. The molecule has 1 fully saturated rings. The molecule has 0 aromatic heterocycles. The zero-order valence-corrected chi connectivity index (χ0v) is 8.98. The molecule has 5 heteroatoms. The first-order chi connectivity index (χ1) is 5.38. The second-order valence-electron chi connectivity index (χ2n) is 4.15. The Morgan fingerprint density at radius 1 is 1.54 bits per heavy atom. The monoisotopic (exact) mass is 208 g/mol. The van der Waals surface area contributed by atoms with Crippen molar-refractivity contribution in [3.05, 3.63) is 0 Å². The van der Waals surface area contributed by atoms with Crippen LogP contribution in [0.5, 0.6) is 0 Å². The fourth-order valence-corrected chi connectivity index (χ4v) is 0.840. The summed E-state index contributed by atoms with van der Waals surface area (Å²) in [7, 11) is 0. The molecular formula is C8H17ClN2O2. The largest absolute Gasteiger partial charge is 0.444 e. The van der Waals surface area contributed by atoms with Crippen LogP contribution in [0.15, 0.2) is 0 Å². The Morgan fingerprint density at radius 2 is 2.00 bits per heavy atom. The van der Waals surface area contributed by atoms with Crippen LogP contribution < -0.4 is 11.1 Å². The quantitative estimate of drug-likeness (QED) is 0.677. The molecule has 2 unspecified atom stereocenters. The number of nitrogens with two attached hydrogens (primary N) is 1. The Morgan fingerprint density at radius 3 is 2.31 bits per heavy atom. The molecule has 1 aliphatic carbocycles. The second-order valence-corrected chi connectivity index (χ2v) is 4.15. The van der Waals surface area contributed by atoms with Gasteiger partial charge in [-0.3, -0.25) is 0 Å². The lowest BCUT2D eigenvalue weighted by Gasteiger charge is -2.19. The number of nitrogens with one attached hydrogen (secondary N) is 1. The molecule has 0 aliphatic heterocycles. The third-order valence-electron chi connectivity index (χ3n) is 1.54.